The van der Waals surface area contributed by atoms with Crippen molar-refractivity contribution < 1.29 is 27.5 Å². The summed E-state index contributed by atoms with van der Waals surface area (Å²) in [5.74, 6) is -5.04. The number of halogens is 3. The van der Waals surface area contributed by atoms with Gasteiger partial charge in [0, 0.05) is 19.1 Å². The van der Waals surface area contributed by atoms with Crippen LogP contribution in [-0.2, 0) is 0 Å². The molecule has 1 fully saturated rings. The van der Waals surface area contributed by atoms with Crippen LogP contribution in [-0.4, -0.2) is 43.0 Å². The van der Waals surface area contributed by atoms with Gasteiger partial charge in [-0.1, -0.05) is 12.1 Å². The summed E-state index contributed by atoms with van der Waals surface area (Å²) in [7, 11) is 1.49. The van der Waals surface area contributed by atoms with Crippen LogP contribution in [0.1, 0.15) is 33.6 Å². The first kappa shape index (κ1) is 19.7. The van der Waals surface area contributed by atoms with E-state index in [2.05, 4.69) is 5.32 Å². The summed E-state index contributed by atoms with van der Waals surface area (Å²) in [5.41, 5.74) is -0.0947. The van der Waals surface area contributed by atoms with Crippen LogP contribution in [0.25, 0.3) is 0 Å². The highest BCUT2D eigenvalue weighted by atomic mass is 19.2. The minimum atomic E-state index is -1.68. The SMILES string of the molecule is COc1ccccc1C(=O)N1CCC(NC(=O)c2ccc(F)c(F)c2F)CC1. The second-order valence-electron chi connectivity index (χ2n) is 6.46. The molecule has 1 aliphatic heterocycles. The van der Waals surface area contributed by atoms with Crippen molar-refractivity contribution in [1.82, 2.24) is 10.2 Å². The van der Waals surface area contributed by atoms with E-state index in [4.69, 9.17) is 4.74 Å². The largest absolute Gasteiger partial charge is 0.496 e. The second-order valence-corrected chi connectivity index (χ2v) is 6.46. The molecule has 0 unspecified atom stereocenters. The third kappa shape index (κ3) is 3.95. The van der Waals surface area contributed by atoms with Gasteiger partial charge in [0.05, 0.1) is 18.2 Å². The number of carbonyl (C=O) groups is 2. The highest BCUT2D eigenvalue weighted by Crippen LogP contribution is 2.22. The molecule has 2 amide bonds. The van der Waals surface area contributed by atoms with Gasteiger partial charge in [-0.15, -0.1) is 0 Å². The lowest BCUT2D eigenvalue weighted by molar-refractivity contribution is 0.0694. The molecule has 28 heavy (non-hydrogen) atoms. The normalized spacial score (nSPS) is 14.6. The number of likely N-dealkylation sites (tertiary alicyclic amines) is 1. The standard InChI is InChI=1S/C20H19F3N2O3/c1-28-16-5-3-2-4-13(16)20(27)25-10-8-12(9-11-25)24-19(26)14-6-7-15(21)18(23)17(14)22/h2-7,12H,8-11H2,1H3,(H,24,26). The minimum Gasteiger partial charge on any atom is -0.496 e. The first-order valence-electron chi connectivity index (χ1n) is 8.79. The molecule has 2 aromatic carbocycles. The Morgan fingerprint density at radius 3 is 2.36 bits per heavy atom. The summed E-state index contributed by atoms with van der Waals surface area (Å²) in [4.78, 5) is 26.5. The number of benzene rings is 2. The summed E-state index contributed by atoms with van der Waals surface area (Å²) in [6.45, 7) is 0.782. The highest BCUT2D eigenvalue weighted by Gasteiger charge is 2.27. The van der Waals surface area contributed by atoms with Crippen molar-refractivity contribution in [2.75, 3.05) is 20.2 Å². The van der Waals surface area contributed by atoms with Gasteiger partial charge in [0.25, 0.3) is 11.8 Å². The molecule has 5 nitrogen and oxygen atoms in total. The molecule has 1 N–H and O–H groups in total. The lowest BCUT2D eigenvalue weighted by atomic mass is 10.0. The molecule has 0 saturated carbocycles. The Balaban J connectivity index is 1.61. The molecule has 2 aromatic rings. The molecular formula is C20H19F3N2O3. The van der Waals surface area contributed by atoms with E-state index in [9.17, 15) is 22.8 Å². The molecule has 1 aliphatic rings. The Morgan fingerprint density at radius 1 is 1.00 bits per heavy atom. The Hall–Kier alpha value is -3.03. The monoisotopic (exact) mass is 392 g/mol. The predicted octanol–water partition coefficient (Wildman–Crippen LogP) is 3.15. The molecule has 148 valence electrons. The van der Waals surface area contributed by atoms with Crippen molar-refractivity contribution in [3.63, 3.8) is 0 Å². The molecule has 0 bridgehead atoms. The fourth-order valence-electron chi connectivity index (χ4n) is 3.18. The second kappa shape index (κ2) is 8.33. The zero-order valence-electron chi connectivity index (χ0n) is 15.2. The third-order valence-corrected chi connectivity index (χ3v) is 4.73. The van der Waals surface area contributed by atoms with Crippen LogP contribution >= 0.6 is 0 Å². The van der Waals surface area contributed by atoms with Crippen LogP contribution in [0, 0.1) is 17.5 Å². The lowest BCUT2D eigenvalue weighted by Crippen LogP contribution is -2.46. The molecule has 0 aliphatic carbocycles. The van der Waals surface area contributed by atoms with Crippen molar-refractivity contribution in [2.45, 2.75) is 18.9 Å². The summed E-state index contributed by atoms with van der Waals surface area (Å²) >= 11 is 0. The van der Waals surface area contributed by atoms with E-state index < -0.39 is 28.9 Å². The van der Waals surface area contributed by atoms with Gasteiger partial charge in [0.15, 0.2) is 17.5 Å². The van der Waals surface area contributed by atoms with Gasteiger partial charge < -0.3 is 15.0 Å². The smallest absolute Gasteiger partial charge is 0.257 e. The fourth-order valence-corrected chi connectivity index (χ4v) is 3.18. The number of ether oxygens (including phenoxy) is 1. The van der Waals surface area contributed by atoms with Gasteiger partial charge in [-0.3, -0.25) is 9.59 Å². The van der Waals surface area contributed by atoms with Crippen LogP contribution in [0.5, 0.6) is 5.75 Å². The number of para-hydroxylation sites is 1. The van der Waals surface area contributed by atoms with Gasteiger partial charge in [-0.25, -0.2) is 13.2 Å². The van der Waals surface area contributed by atoms with E-state index in [0.717, 1.165) is 6.07 Å². The van der Waals surface area contributed by atoms with Gasteiger partial charge in [-0.2, -0.15) is 0 Å². The number of nitrogens with one attached hydrogen (secondary N) is 1. The summed E-state index contributed by atoms with van der Waals surface area (Å²) in [5, 5.41) is 2.61. The number of carbonyl (C=O) groups excluding carboxylic acids is 2. The maximum absolute atomic E-state index is 13.8. The summed E-state index contributed by atoms with van der Waals surface area (Å²) in [6, 6.07) is 8.22. The van der Waals surface area contributed by atoms with Crippen molar-refractivity contribution in [3.05, 3.63) is 65.0 Å². The predicted molar refractivity (Wildman–Crippen MR) is 95.7 cm³/mol. The van der Waals surface area contributed by atoms with E-state index in [1.165, 1.54) is 7.11 Å². The molecule has 0 aromatic heterocycles. The number of hydrogen-bond acceptors (Lipinski definition) is 3. The van der Waals surface area contributed by atoms with Crippen molar-refractivity contribution in [3.8, 4) is 5.75 Å². The van der Waals surface area contributed by atoms with E-state index in [-0.39, 0.29) is 11.9 Å². The minimum absolute atomic E-state index is 0.172. The van der Waals surface area contributed by atoms with Crippen LogP contribution in [0.2, 0.25) is 0 Å². The third-order valence-electron chi connectivity index (χ3n) is 4.73. The van der Waals surface area contributed by atoms with E-state index in [1.54, 1.807) is 29.2 Å². The van der Waals surface area contributed by atoms with Crippen LogP contribution in [0.15, 0.2) is 36.4 Å². The maximum atomic E-state index is 13.8. The Kier molecular flexibility index (Phi) is 5.87. The zero-order valence-corrected chi connectivity index (χ0v) is 15.2. The van der Waals surface area contributed by atoms with Gasteiger partial charge >= 0.3 is 0 Å². The first-order valence-corrected chi connectivity index (χ1v) is 8.79. The number of amides is 2. The van der Waals surface area contributed by atoms with Crippen molar-refractivity contribution in [1.29, 1.82) is 0 Å². The first-order chi connectivity index (χ1) is 13.4. The zero-order chi connectivity index (χ0) is 20.3. The average Bonchev–Trinajstić information content (AvgIpc) is 2.72. The van der Waals surface area contributed by atoms with E-state index in [0.29, 0.717) is 43.3 Å². The number of methoxy groups -OCH3 is 1. The van der Waals surface area contributed by atoms with Gasteiger partial charge in [0.2, 0.25) is 0 Å². The number of piperidine rings is 1. The Bertz CT molecular complexity index is 896. The van der Waals surface area contributed by atoms with Crippen LogP contribution < -0.4 is 10.1 Å². The van der Waals surface area contributed by atoms with Crippen LogP contribution in [0.4, 0.5) is 13.2 Å². The summed E-state index contributed by atoms with van der Waals surface area (Å²) in [6.07, 6.45) is 0.913. The number of nitrogens with zero attached hydrogens (tertiary/aromatic N) is 1. The molecule has 8 heteroatoms. The molecule has 1 heterocycles. The Labute approximate surface area is 160 Å². The molecule has 0 spiro atoms. The van der Waals surface area contributed by atoms with Gasteiger partial charge in [0.1, 0.15) is 5.75 Å². The summed E-state index contributed by atoms with van der Waals surface area (Å²) < 4.78 is 45.3. The topological polar surface area (TPSA) is 58.6 Å². The van der Waals surface area contributed by atoms with Crippen molar-refractivity contribution in [2.24, 2.45) is 0 Å². The van der Waals surface area contributed by atoms with Gasteiger partial charge in [-0.05, 0) is 37.1 Å². The van der Waals surface area contributed by atoms with E-state index in [1.807, 2.05) is 0 Å². The molecule has 0 radical (unpaired) electrons. The van der Waals surface area contributed by atoms with Crippen molar-refractivity contribution >= 4 is 11.8 Å². The Morgan fingerprint density at radius 2 is 1.68 bits per heavy atom. The lowest BCUT2D eigenvalue weighted by Gasteiger charge is -2.32. The number of hydrogen-bond donors (Lipinski definition) is 1. The highest BCUT2D eigenvalue weighted by molar-refractivity contribution is 5.97. The molecule has 1 saturated heterocycles. The number of rotatable bonds is 4. The molecular weight excluding hydrogens is 373 g/mol. The van der Waals surface area contributed by atoms with Crippen LogP contribution in [0.3, 0.4) is 0 Å². The molecule has 3 rings (SSSR count). The maximum Gasteiger partial charge on any atom is 0.257 e. The fraction of sp³-hybridized carbons (Fsp3) is 0.300. The van der Waals surface area contributed by atoms with E-state index >= 15 is 0 Å². The quantitative estimate of drug-likeness (QED) is 0.814. The molecule has 0 atom stereocenters. The average molecular weight is 392 g/mol.